The van der Waals surface area contributed by atoms with Crippen molar-refractivity contribution in [2.24, 2.45) is 5.73 Å². The molecule has 0 unspecified atom stereocenters. The van der Waals surface area contributed by atoms with Crippen LogP contribution in [-0.2, 0) is 0 Å². The fraction of sp³-hybridized carbons (Fsp3) is 0.692. The van der Waals surface area contributed by atoms with Gasteiger partial charge in [0.05, 0.1) is 0 Å². The van der Waals surface area contributed by atoms with E-state index in [0.29, 0.717) is 5.69 Å². The van der Waals surface area contributed by atoms with Crippen molar-refractivity contribution in [2.45, 2.75) is 19.3 Å². The Morgan fingerprint density at radius 1 is 1.32 bits per heavy atom. The van der Waals surface area contributed by atoms with Crippen LogP contribution >= 0.6 is 0 Å². The molecule has 19 heavy (non-hydrogen) atoms. The van der Waals surface area contributed by atoms with Gasteiger partial charge in [-0.25, -0.2) is 0 Å². The largest absolute Gasteiger partial charge is 0.336 e. The van der Waals surface area contributed by atoms with Gasteiger partial charge in [0.2, 0.25) is 0 Å². The Labute approximate surface area is 113 Å². The number of H-pyrrole nitrogens is 1. The van der Waals surface area contributed by atoms with E-state index in [2.05, 4.69) is 15.1 Å². The monoisotopic (exact) mass is 265 g/mol. The zero-order chi connectivity index (χ0) is 13.5. The molecular weight excluding hydrogens is 242 g/mol. The van der Waals surface area contributed by atoms with Crippen molar-refractivity contribution >= 4 is 5.91 Å². The summed E-state index contributed by atoms with van der Waals surface area (Å²) in [6.07, 6.45) is 4.87. The first-order valence-electron chi connectivity index (χ1n) is 7.02. The lowest BCUT2D eigenvalue weighted by atomic mass is 10.3. The Hall–Kier alpha value is -1.40. The number of hydrogen-bond acceptors (Lipinski definition) is 4. The number of nitrogens with zero attached hydrogens (tertiary/aromatic N) is 3. The molecule has 0 saturated carbocycles. The molecule has 0 spiro atoms. The van der Waals surface area contributed by atoms with Crippen molar-refractivity contribution in [3.63, 3.8) is 0 Å². The van der Waals surface area contributed by atoms with E-state index in [1.165, 1.54) is 0 Å². The van der Waals surface area contributed by atoms with Gasteiger partial charge in [-0.15, -0.1) is 0 Å². The Morgan fingerprint density at radius 3 is 2.95 bits per heavy atom. The van der Waals surface area contributed by atoms with E-state index in [-0.39, 0.29) is 5.91 Å². The van der Waals surface area contributed by atoms with Gasteiger partial charge in [-0.05, 0) is 45.0 Å². The van der Waals surface area contributed by atoms with Gasteiger partial charge in [0.1, 0.15) is 5.69 Å². The van der Waals surface area contributed by atoms with Gasteiger partial charge in [0.15, 0.2) is 0 Å². The van der Waals surface area contributed by atoms with Crippen LogP contribution in [0.2, 0.25) is 0 Å². The van der Waals surface area contributed by atoms with Crippen molar-refractivity contribution in [1.82, 2.24) is 20.0 Å². The normalized spacial score (nSPS) is 17.4. The highest BCUT2D eigenvalue weighted by atomic mass is 16.2. The van der Waals surface area contributed by atoms with Crippen LogP contribution in [0, 0.1) is 0 Å². The first-order valence-corrected chi connectivity index (χ1v) is 7.02. The van der Waals surface area contributed by atoms with Crippen LogP contribution < -0.4 is 5.73 Å². The molecule has 1 amide bonds. The van der Waals surface area contributed by atoms with E-state index in [1.54, 1.807) is 12.3 Å². The summed E-state index contributed by atoms with van der Waals surface area (Å²) in [7, 11) is 0. The maximum Gasteiger partial charge on any atom is 0.271 e. The second-order valence-electron chi connectivity index (χ2n) is 4.95. The van der Waals surface area contributed by atoms with Gasteiger partial charge in [-0.1, -0.05) is 0 Å². The minimum absolute atomic E-state index is 0.0568. The van der Waals surface area contributed by atoms with Crippen LogP contribution in [0.15, 0.2) is 12.3 Å². The second-order valence-corrected chi connectivity index (χ2v) is 4.95. The summed E-state index contributed by atoms with van der Waals surface area (Å²) < 4.78 is 0. The third kappa shape index (κ3) is 4.04. The summed E-state index contributed by atoms with van der Waals surface area (Å²) >= 11 is 0. The molecule has 1 fully saturated rings. The summed E-state index contributed by atoms with van der Waals surface area (Å²) in [5.41, 5.74) is 6.09. The molecule has 1 aliphatic rings. The predicted molar refractivity (Wildman–Crippen MR) is 73.8 cm³/mol. The van der Waals surface area contributed by atoms with E-state index in [1.807, 2.05) is 4.90 Å². The average molecular weight is 265 g/mol. The zero-order valence-electron chi connectivity index (χ0n) is 11.3. The Morgan fingerprint density at radius 2 is 2.21 bits per heavy atom. The lowest BCUT2D eigenvalue weighted by Gasteiger charge is -2.21. The molecule has 6 heteroatoms. The summed E-state index contributed by atoms with van der Waals surface area (Å²) in [5.74, 6) is 0.0568. The van der Waals surface area contributed by atoms with Crippen molar-refractivity contribution in [3.8, 4) is 0 Å². The van der Waals surface area contributed by atoms with Crippen LogP contribution in [0.4, 0.5) is 0 Å². The zero-order valence-corrected chi connectivity index (χ0v) is 11.3. The van der Waals surface area contributed by atoms with Gasteiger partial charge in [0.25, 0.3) is 5.91 Å². The molecule has 0 radical (unpaired) electrons. The summed E-state index contributed by atoms with van der Waals surface area (Å²) in [6.45, 7) is 5.48. The molecule has 3 N–H and O–H groups in total. The molecule has 1 aliphatic heterocycles. The van der Waals surface area contributed by atoms with E-state index in [0.717, 1.165) is 58.5 Å². The number of nitrogens with one attached hydrogen (secondary N) is 1. The molecule has 0 atom stereocenters. The van der Waals surface area contributed by atoms with Crippen LogP contribution in [0.1, 0.15) is 29.8 Å². The SMILES string of the molecule is NCCCCN1CCCN(C(=O)c2ccn[nH]2)CC1. The lowest BCUT2D eigenvalue weighted by Crippen LogP contribution is -2.35. The minimum Gasteiger partial charge on any atom is -0.336 e. The molecule has 6 nitrogen and oxygen atoms in total. The van der Waals surface area contributed by atoms with Crippen LogP contribution in [0.5, 0.6) is 0 Å². The number of unbranched alkanes of at least 4 members (excludes halogenated alkanes) is 1. The quantitative estimate of drug-likeness (QED) is 0.750. The van der Waals surface area contributed by atoms with E-state index < -0.39 is 0 Å². The molecule has 1 aromatic rings. The summed E-state index contributed by atoms with van der Waals surface area (Å²) in [4.78, 5) is 16.5. The van der Waals surface area contributed by atoms with Gasteiger partial charge in [-0.3, -0.25) is 9.89 Å². The number of carbonyl (C=O) groups is 1. The molecule has 2 heterocycles. The number of amides is 1. The van der Waals surface area contributed by atoms with Crippen LogP contribution in [-0.4, -0.2) is 65.2 Å². The van der Waals surface area contributed by atoms with Gasteiger partial charge >= 0.3 is 0 Å². The van der Waals surface area contributed by atoms with Crippen LogP contribution in [0.3, 0.4) is 0 Å². The highest BCUT2D eigenvalue weighted by molar-refractivity contribution is 5.92. The van der Waals surface area contributed by atoms with Gasteiger partial charge in [-0.2, -0.15) is 5.10 Å². The first kappa shape index (κ1) is 14.0. The van der Waals surface area contributed by atoms with Crippen molar-refractivity contribution < 1.29 is 4.79 Å². The number of rotatable bonds is 5. The lowest BCUT2D eigenvalue weighted by molar-refractivity contribution is 0.0755. The number of aromatic nitrogens is 2. The van der Waals surface area contributed by atoms with Crippen molar-refractivity contribution in [1.29, 1.82) is 0 Å². The molecule has 106 valence electrons. The van der Waals surface area contributed by atoms with Crippen molar-refractivity contribution in [2.75, 3.05) is 39.3 Å². The molecule has 2 rings (SSSR count). The fourth-order valence-corrected chi connectivity index (χ4v) is 2.42. The minimum atomic E-state index is 0.0568. The fourth-order valence-electron chi connectivity index (χ4n) is 2.42. The Bertz CT molecular complexity index is 378. The van der Waals surface area contributed by atoms with E-state index >= 15 is 0 Å². The summed E-state index contributed by atoms with van der Waals surface area (Å²) in [6, 6.07) is 1.73. The third-order valence-electron chi connectivity index (χ3n) is 3.54. The van der Waals surface area contributed by atoms with Gasteiger partial charge < -0.3 is 15.5 Å². The highest BCUT2D eigenvalue weighted by Crippen LogP contribution is 2.08. The topological polar surface area (TPSA) is 78.2 Å². The molecule has 0 aliphatic carbocycles. The third-order valence-corrected chi connectivity index (χ3v) is 3.54. The number of carbonyl (C=O) groups excluding carboxylic acids is 1. The van der Waals surface area contributed by atoms with Crippen LogP contribution in [0.25, 0.3) is 0 Å². The van der Waals surface area contributed by atoms with E-state index in [9.17, 15) is 4.79 Å². The molecule has 1 aromatic heterocycles. The molecule has 0 aromatic carbocycles. The molecule has 0 bridgehead atoms. The first-order chi connectivity index (χ1) is 9.31. The number of nitrogens with two attached hydrogens (primary N) is 1. The Kier molecular flexibility index (Phi) is 5.35. The average Bonchev–Trinajstić information content (AvgIpc) is 2.85. The maximum absolute atomic E-state index is 12.2. The van der Waals surface area contributed by atoms with E-state index in [4.69, 9.17) is 5.73 Å². The maximum atomic E-state index is 12.2. The summed E-state index contributed by atoms with van der Waals surface area (Å²) in [5, 5.41) is 6.57. The Balaban J connectivity index is 1.81. The van der Waals surface area contributed by atoms with Gasteiger partial charge in [0, 0.05) is 25.8 Å². The molecule has 1 saturated heterocycles. The smallest absolute Gasteiger partial charge is 0.271 e. The number of aromatic amines is 1. The standard InChI is InChI=1S/C13H23N5O/c14-5-1-2-7-17-8-3-9-18(11-10-17)13(19)12-4-6-15-16-12/h4,6H,1-3,5,7-11,14H2,(H,15,16). The number of hydrogen-bond donors (Lipinski definition) is 2. The molecular formula is C13H23N5O. The van der Waals surface area contributed by atoms with Crippen molar-refractivity contribution in [3.05, 3.63) is 18.0 Å². The second kappa shape index (κ2) is 7.25. The highest BCUT2D eigenvalue weighted by Gasteiger charge is 2.20. The predicted octanol–water partition coefficient (Wildman–Crippen LogP) is 0.296.